The summed E-state index contributed by atoms with van der Waals surface area (Å²) in [4.78, 5) is 9.61. The van der Waals surface area contributed by atoms with Crippen molar-refractivity contribution in [2.45, 2.75) is 39.5 Å². The minimum atomic E-state index is 0. The van der Waals surface area contributed by atoms with Gasteiger partial charge in [-0.05, 0) is 39.9 Å². The Bertz CT molecular complexity index is 286. The van der Waals surface area contributed by atoms with E-state index in [0.717, 1.165) is 32.1 Å². The number of aliphatic imine (C=N–C) groups is 1. The number of hydrogen-bond donors (Lipinski definition) is 2. The summed E-state index contributed by atoms with van der Waals surface area (Å²) in [5.41, 5.74) is 0. The molecule has 0 bridgehead atoms. The zero-order valence-electron chi connectivity index (χ0n) is 14.7. The van der Waals surface area contributed by atoms with Crippen LogP contribution < -0.4 is 10.6 Å². The minimum absolute atomic E-state index is 0. The normalized spacial score (nSPS) is 17.7. The van der Waals surface area contributed by atoms with E-state index in [1.165, 1.54) is 51.9 Å². The van der Waals surface area contributed by atoms with Crippen molar-refractivity contribution in [3.8, 4) is 0 Å². The third kappa shape index (κ3) is 10.6. The molecule has 0 radical (unpaired) electrons. The van der Waals surface area contributed by atoms with Crippen LogP contribution in [0.1, 0.15) is 39.5 Å². The molecular weight excluding hydrogens is 389 g/mol. The summed E-state index contributed by atoms with van der Waals surface area (Å²) in [6, 6.07) is 0. The predicted molar refractivity (Wildman–Crippen MR) is 107 cm³/mol. The maximum atomic E-state index is 4.63. The van der Waals surface area contributed by atoms with Crippen molar-refractivity contribution in [2.75, 3.05) is 59.4 Å². The van der Waals surface area contributed by atoms with Crippen molar-refractivity contribution in [3.63, 3.8) is 0 Å². The minimum Gasteiger partial charge on any atom is -0.357 e. The van der Waals surface area contributed by atoms with Crippen LogP contribution in [0.4, 0.5) is 0 Å². The maximum absolute atomic E-state index is 4.63. The van der Waals surface area contributed by atoms with Crippen LogP contribution in [0.5, 0.6) is 0 Å². The highest BCUT2D eigenvalue weighted by Gasteiger charge is 2.11. The highest BCUT2D eigenvalue weighted by Crippen LogP contribution is 1.99. The molecule has 1 aliphatic rings. The third-order valence-electron chi connectivity index (χ3n) is 3.91. The van der Waals surface area contributed by atoms with E-state index in [0.29, 0.717) is 0 Å². The molecule has 0 amide bonds. The van der Waals surface area contributed by atoms with Crippen LogP contribution in [-0.4, -0.2) is 75.2 Å². The lowest BCUT2D eigenvalue weighted by atomic mass is 10.2. The van der Waals surface area contributed by atoms with Crippen molar-refractivity contribution >= 4 is 29.9 Å². The highest BCUT2D eigenvalue weighted by molar-refractivity contribution is 14.0. The van der Waals surface area contributed by atoms with Gasteiger partial charge in [-0.3, -0.25) is 4.99 Å². The van der Waals surface area contributed by atoms with Gasteiger partial charge < -0.3 is 20.4 Å². The Morgan fingerprint density at radius 2 is 1.86 bits per heavy atom. The Hall–Kier alpha value is -0.0800. The van der Waals surface area contributed by atoms with E-state index in [2.05, 4.69) is 46.3 Å². The Balaban J connectivity index is 0.00000441. The number of unbranched alkanes of at least 4 members (excludes halogenated alkanes) is 2. The van der Waals surface area contributed by atoms with Crippen molar-refractivity contribution in [1.29, 1.82) is 0 Å². The van der Waals surface area contributed by atoms with Gasteiger partial charge in [0.15, 0.2) is 5.96 Å². The van der Waals surface area contributed by atoms with Gasteiger partial charge in [-0.2, -0.15) is 0 Å². The Morgan fingerprint density at radius 3 is 2.59 bits per heavy atom. The molecule has 1 heterocycles. The fourth-order valence-corrected chi connectivity index (χ4v) is 2.55. The largest absolute Gasteiger partial charge is 0.357 e. The van der Waals surface area contributed by atoms with E-state index in [4.69, 9.17) is 0 Å². The van der Waals surface area contributed by atoms with E-state index >= 15 is 0 Å². The first-order chi connectivity index (χ1) is 10.3. The Kier molecular flexibility index (Phi) is 14.5. The molecule has 0 spiro atoms. The molecular formula is C16H36IN5. The van der Waals surface area contributed by atoms with Gasteiger partial charge in [0, 0.05) is 39.3 Å². The number of nitrogens with zero attached hydrogens (tertiary/aromatic N) is 3. The van der Waals surface area contributed by atoms with E-state index in [-0.39, 0.29) is 24.0 Å². The van der Waals surface area contributed by atoms with Gasteiger partial charge in [0.2, 0.25) is 0 Å². The molecule has 0 aromatic heterocycles. The van der Waals surface area contributed by atoms with Crippen LogP contribution in [0.15, 0.2) is 4.99 Å². The number of rotatable bonds is 8. The second-order valence-electron chi connectivity index (χ2n) is 5.89. The van der Waals surface area contributed by atoms with Crippen LogP contribution in [0.25, 0.3) is 0 Å². The van der Waals surface area contributed by atoms with Crippen LogP contribution >= 0.6 is 24.0 Å². The summed E-state index contributed by atoms with van der Waals surface area (Å²) < 4.78 is 0. The number of nitrogens with one attached hydrogen (secondary N) is 2. The molecule has 0 atom stereocenters. The summed E-state index contributed by atoms with van der Waals surface area (Å²) in [5, 5.41) is 6.79. The zero-order chi connectivity index (χ0) is 15.3. The third-order valence-corrected chi connectivity index (χ3v) is 3.91. The predicted octanol–water partition coefficient (Wildman–Crippen LogP) is 1.99. The second kappa shape index (κ2) is 14.5. The molecule has 132 valence electrons. The van der Waals surface area contributed by atoms with Crippen molar-refractivity contribution < 1.29 is 0 Å². The first-order valence-corrected chi connectivity index (χ1v) is 8.69. The fraction of sp³-hybridized carbons (Fsp3) is 0.938. The van der Waals surface area contributed by atoms with Crippen molar-refractivity contribution in [2.24, 2.45) is 4.99 Å². The summed E-state index contributed by atoms with van der Waals surface area (Å²) in [6.07, 6.45) is 4.99. The highest BCUT2D eigenvalue weighted by atomic mass is 127. The lowest BCUT2D eigenvalue weighted by molar-refractivity contribution is 0.280. The monoisotopic (exact) mass is 425 g/mol. The average Bonchev–Trinajstić information content (AvgIpc) is 2.68. The summed E-state index contributed by atoms with van der Waals surface area (Å²) in [5.74, 6) is 0.973. The molecule has 5 nitrogen and oxygen atoms in total. The van der Waals surface area contributed by atoms with Crippen molar-refractivity contribution in [1.82, 2.24) is 20.4 Å². The smallest absolute Gasteiger partial charge is 0.191 e. The number of guanidine groups is 1. The number of hydrogen-bond acceptors (Lipinski definition) is 3. The molecule has 1 aliphatic heterocycles. The van der Waals surface area contributed by atoms with Crippen LogP contribution in [0, 0.1) is 0 Å². The quantitative estimate of drug-likeness (QED) is 0.270. The molecule has 6 heteroatoms. The first-order valence-electron chi connectivity index (χ1n) is 8.69. The summed E-state index contributed by atoms with van der Waals surface area (Å²) in [6.45, 7) is 13.1. The lowest BCUT2D eigenvalue weighted by Gasteiger charge is -2.21. The topological polar surface area (TPSA) is 42.9 Å². The van der Waals surface area contributed by atoms with Gasteiger partial charge in [-0.25, -0.2) is 0 Å². The zero-order valence-corrected chi connectivity index (χ0v) is 17.1. The van der Waals surface area contributed by atoms with Gasteiger partial charge in [0.25, 0.3) is 0 Å². The Morgan fingerprint density at radius 1 is 1.05 bits per heavy atom. The fourth-order valence-electron chi connectivity index (χ4n) is 2.55. The molecule has 0 aromatic rings. The van der Waals surface area contributed by atoms with Crippen LogP contribution in [0.2, 0.25) is 0 Å². The molecule has 0 unspecified atom stereocenters. The van der Waals surface area contributed by atoms with Gasteiger partial charge in [0.05, 0.1) is 0 Å². The van der Waals surface area contributed by atoms with Crippen molar-refractivity contribution in [3.05, 3.63) is 0 Å². The molecule has 2 N–H and O–H groups in total. The number of halogens is 1. The maximum Gasteiger partial charge on any atom is 0.191 e. The first kappa shape index (κ1) is 21.9. The van der Waals surface area contributed by atoms with Gasteiger partial charge in [-0.1, -0.05) is 19.8 Å². The summed E-state index contributed by atoms with van der Waals surface area (Å²) >= 11 is 0. The SMILES string of the molecule is CCCCCN=C(NCC)NCCN1CCCN(C)CC1.I. The van der Waals surface area contributed by atoms with Crippen LogP contribution in [-0.2, 0) is 0 Å². The van der Waals surface area contributed by atoms with Gasteiger partial charge in [0.1, 0.15) is 0 Å². The molecule has 1 fully saturated rings. The Labute approximate surface area is 154 Å². The molecule has 1 saturated heterocycles. The van der Waals surface area contributed by atoms with E-state index < -0.39 is 0 Å². The molecule has 0 aromatic carbocycles. The van der Waals surface area contributed by atoms with E-state index in [1.807, 2.05) is 0 Å². The molecule has 22 heavy (non-hydrogen) atoms. The number of likely N-dealkylation sites (N-methyl/N-ethyl adjacent to an activating group) is 1. The van der Waals surface area contributed by atoms with Gasteiger partial charge >= 0.3 is 0 Å². The second-order valence-corrected chi connectivity index (χ2v) is 5.89. The van der Waals surface area contributed by atoms with Crippen LogP contribution in [0.3, 0.4) is 0 Å². The van der Waals surface area contributed by atoms with E-state index in [1.54, 1.807) is 0 Å². The lowest BCUT2D eigenvalue weighted by Crippen LogP contribution is -2.42. The van der Waals surface area contributed by atoms with E-state index in [9.17, 15) is 0 Å². The summed E-state index contributed by atoms with van der Waals surface area (Å²) in [7, 11) is 2.22. The molecule has 0 saturated carbocycles. The van der Waals surface area contributed by atoms with Gasteiger partial charge in [-0.15, -0.1) is 24.0 Å². The average molecular weight is 425 g/mol. The molecule has 0 aliphatic carbocycles. The molecule has 1 rings (SSSR count). The standard InChI is InChI=1S/C16H35N5.HI/c1-4-6-7-9-18-16(17-5-2)19-10-13-21-12-8-11-20(3)14-15-21;/h4-15H2,1-3H3,(H2,17,18,19);1H.